The van der Waals surface area contributed by atoms with Gasteiger partial charge in [0.05, 0.1) is 71.2 Å². The first kappa shape index (κ1) is 50.6. The number of anilines is 4. The van der Waals surface area contributed by atoms with E-state index < -0.39 is 72.7 Å². The van der Waals surface area contributed by atoms with Gasteiger partial charge in [0.25, 0.3) is 15.9 Å². The van der Waals surface area contributed by atoms with Crippen molar-refractivity contribution in [2.45, 2.75) is 131 Å². The summed E-state index contributed by atoms with van der Waals surface area (Å²) in [5, 5.41) is 25.2. The fourth-order valence-corrected chi connectivity index (χ4v) is 14.0. The minimum absolute atomic E-state index is 0.0292. The molecule has 5 aromatic rings. The third-order valence-electron chi connectivity index (χ3n) is 17.4. The summed E-state index contributed by atoms with van der Waals surface area (Å²) in [5.41, 5.74) is 0.545. The summed E-state index contributed by atoms with van der Waals surface area (Å²) in [6.07, 6.45) is 5.41. The van der Waals surface area contributed by atoms with Crippen molar-refractivity contribution < 1.29 is 51.0 Å². The molecule has 5 aliphatic heterocycles. The highest BCUT2D eigenvalue weighted by Crippen LogP contribution is 2.54. The summed E-state index contributed by atoms with van der Waals surface area (Å²) in [7, 11) is -4.97. The number of morpholine rings is 1. The number of carbonyl (C=O) groups excluding carboxylic acids is 1. The largest absolute Gasteiger partial charge is 0.474 e. The Hall–Kier alpha value is -6.20. The molecule has 0 unspecified atom stereocenters. The normalized spacial score (nSPS) is 27.6. The molecule has 7 aliphatic rings. The Bertz CT molecular complexity index is 3210. The van der Waals surface area contributed by atoms with E-state index in [9.17, 15) is 28.4 Å². The number of aromatic amines is 1. The zero-order chi connectivity index (χ0) is 52.9. The standard InChI is InChI=1S/C54H63F2N9O10S/c1-31(2)34-6-4-5-7-35(34)43-28-73-21-19-63(43)33-25-53(26-33)15-17-62(18-16-53)32-8-9-36(40(22-32)64-39-10-20-72-29-44(39)75-50-42(64)23-37-38(55)27-57-48(37)60-50)49(66)61-76(70,71)46-24-41(65(68)69)47-51(59-46)74-30-45(58-47)54(56)13-11-52(3,67)12-14-54/h4-9,22-24,27,31,33,39,43-45,58,67H,10-21,25-26,28-30H2,1-3H3,(H,57,60)(H,61,66)/t39-,43-,44-,45-,52?,54?/m0/s1. The van der Waals surface area contributed by atoms with Crippen LogP contribution in [0.25, 0.3) is 11.0 Å². The molecule has 12 rings (SSSR count). The number of amides is 1. The van der Waals surface area contributed by atoms with Gasteiger partial charge in [-0.25, -0.2) is 13.5 Å². The number of nitrogens with one attached hydrogen (secondary N) is 3. The molecule has 4 N–H and O–H groups in total. The van der Waals surface area contributed by atoms with Crippen LogP contribution in [0.1, 0.15) is 112 Å². The number of carbonyl (C=O) groups is 1. The number of rotatable bonds is 10. The quantitative estimate of drug-likeness (QED) is 0.0768. The molecule has 76 heavy (non-hydrogen) atoms. The van der Waals surface area contributed by atoms with Crippen LogP contribution in [0.5, 0.6) is 11.8 Å². The molecule has 0 bridgehead atoms. The number of hydrogen-bond acceptors (Lipinski definition) is 16. The van der Waals surface area contributed by atoms with E-state index in [0.717, 1.165) is 51.0 Å². The van der Waals surface area contributed by atoms with E-state index in [1.54, 1.807) is 25.1 Å². The fraction of sp³-hybridized carbons (Fsp3) is 0.537. The highest BCUT2D eigenvalue weighted by Gasteiger charge is 2.51. The van der Waals surface area contributed by atoms with Crippen molar-refractivity contribution in [3.63, 3.8) is 0 Å². The van der Waals surface area contributed by atoms with Gasteiger partial charge >= 0.3 is 5.69 Å². The summed E-state index contributed by atoms with van der Waals surface area (Å²) >= 11 is 0. The predicted octanol–water partition coefficient (Wildman–Crippen LogP) is 7.96. The Morgan fingerprint density at radius 1 is 0.947 bits per heavy atom. The van der Waals surface area contributed by atoms with Gasteiger partial charge in [0.2, 0.25) is 11.8 Å². The second-order valence-corrected chi connectivity index (χ2v) is 24.2. The van der Waals surface area contributed by atoms with Crippen molar-refractivity contribution in [1.29, 1.82) is 0 Å². The van der Waals surface area contributed by atoms with Crippen molar-refractivity contribution in [2.75, 3.05) is 67.8 Å². The van der Waals surface area contributed by atoms with Crippen LogP contribution in [0.2, 0.25) is 0 Å². The maximum absolute atomic E-state index is 16.3. The lowest BCUT2D eigenvalue weighted by Crippen LogP contribution is -2.58. The first-order valence-corrected chi connectivity index (χ1v) is 28.0. The number of pyridine rings is 2. The Morgan fingerprint density at radius 3 is 2.47 bits per heavy atom. The number of fused-ring (bicyclic) bond motifs is 4. The number of hydrogen-bond donors (Lipinski definition) is 4. The molecule has 19 nitrogen and oxygen atoms in total. The average molecular weight is 1070 g/mol. The van der Waals surface area contributed by atoms with Crippen LogP contribution >= 0.6 is 0 Å². The van der Waals surface area contributed by atoms with Gasteiger partial charge in [0.15, 0.2) is 10.7 Å². The number of nitro groups is 1. The molecule has 22 heteroatoms. The first-order valence-electron chi connectivity index (χ1n) is 26.5. The van der Waals surface area contributed by atoms with Crippen molar-refractivity contribution in [3.05, 3.63) is 93.4 Å². The van der Waals surface area contributed by atoms with E-state index in [-0.39, 0.29) is 78.5 Å². The number of alkyl halides is 1. The molecule has 404 valence electrons. The Morgan fingerprint density at radius 2 is 1.71 bits per heavy atom. The highest BCUT2D eigenvalue weighted by molar-refractivity contribution is 7.90. The average Bonchev–Trinajstić information content (AvgIpc) is 3.84. The van der Waals surface area contributed by atoms with Crippen LogP contribution in [-0.2, 0) is 19.5 Å². The number of sulfonamides is 1. The summed E-state index contributed by atoms with van der Waals surface area (Å²) in [4.78, 5) is 45.0. The maximum atomic E-state index is 16.3. The van der Waals surface area contributed by atoms with Gasteiger partial charge in [-0.1, -0.05) is 38.1 Å². The molecule has 0 radical (unpaired) electrons. The highest BCUT2D eigenvalue weighted by atomic mass is 32.2. The molecule has 1 spiro atoms. The van der Waals surface area contributed by atoms with Crippen molar-refractivity contribution in [3.8, 4) is 11.8 Å². The van der Waals surface area contributed by atoms with Crippen LogP contribution in [0, 0.1) is 21.3 Å². The van der Waals surface area contributed by atoms with Gasteiger partial charge < -0.3 is 44.2 Å². The zero-order valence-electron chi connectivity index (χ0n) is 42.7. The Balaban J connectivity index is 0.841. The summed E-state index contributed by atoms with van der Waals surface area (Å²) in [5.74, 6) is -1.50. The van der Waals surface area contributed by atoms with Gasteiger partial charge in [0.1, 0.15) is 35.5 Å². The van der Waals surface area contributed by atoms with Crippen molar-refractivity contribution in [2.24, 2.45) is 5.41 Å². The molecular weight excluding hydrogens is 1000 g/mol. The maximum Gasteiger partial charge on any atom is 0.300 e. The molecule has 3 aromatic heterocycles. The molecule has 2 saturated carbocycles. The third kappa shape index (κ3) is 9.05. The first-order chi connectivity index (χ1) is 36.4. The van der Waals surface area contributed by atoms with Crippen LogP contribution in [0.3, 0.4) is 0 Å². The SMILES string of the molecule is CC(C)c1ccccc1[C@@H]1COCCN1C1CC2(CCN(c3ccc(C(=O)NS(=O)(=O)c4cc([N+](=O)[O-])c5c(n4)OC[C@@H](C4(F)CCC(C)(O)CC4)N5)c(N4c5cc6c(F)c[nH]c6nc5O[C@H]5COCC[C@@H]54)c3)CC2)C1. The van der Waals surface area contributed by atoms with Crippen LogP contribution in [0.4, 0.5) is 37.2 Å². The summed E-state index contributed by atoms with van der Waals surface area (Å²) in [6, 6.07) is 15.4. The van der Waals surface area contributed by atoms with E-state index in [0.29, 0.717) is 55.6 Å². The van der Waals surface area contributed by atoms with E-state index in [4.69, 9.17) is 18.9 Å². The second-order valence-electron chi connectivity index (χ2n) is 22.6. The summed E-state index contributed by atoms with van der Waals surface area (Å²) < 4.78 is 86.6. The number of H-pyrrole nitrogens is 1. The van der Waals surface area contributed by atoms with E-state index in [1.807, 2.05) is 11.0 Å². The predicted molar refractivity (Wildman–Crippen MR) is 277 cm³/mol. The van der Waals surface area contributed by atoms with Crippen LogP contribution < -0.4 is 29.3 Å². The van der Waals surface area contributed by atoms with Crippen LogP contribution in [0.15, 0.2) is 65.8 Å². The van der Waals surface area contributed by atoms with Crippen molar-refractivity contribution in [1.82, 2.24) is 24.6 Å². The minimum Gasteiger partial charge on any atom is -0.474 e. The van der Waals surface area contributed by atoms with Gasteiger partial charge in [-0.05, 0) is 111 Å². The topological polar surface area (TPSA) is 227 Å². The molecule has 8 heterocycles. The van der Waals surface area contributed by atoms with Gasteiger partial charge in [-0.15, -0.1) is 0 Å². The van der Waals surface area contributed by atoms with Gasteiger partial charge in [0, 0.05) is 44.2 Å². The Labute approximate surface area is 438 Å². The van der Waals surface area contributed by atoms with E-state index in [2.05, 4.69) is 72.9 Å². The molecule has 4 atom stereocenters. The van der Waals surface area contributed by atoms with Crippen molar-refractivity contribution >= 4 is 55.4 Å². The lowest BCUT2D eigenvalue weighted by Gasteiger charge is -2.57. The lowest BCUT2D eigenvalue weighted by atomic mass is 9.59. The second kappa shape index (κ2) is 19.1. The number of piperidine rings is 1. The molecule has 1 amide bonds. The number of benzene rings is 2. The van der Waals surface area contributed by atoms with E-state index >= 15 is 8.78 Å². The minimum atomic E-state index is -4.97. The third-order valence-corrected chi connectivity index (χ3v) is 18.7. The zero-order valence-corrected chi connectivity index (χ0v) is 43.5. The summed E-state index contributed by atoms with van der Waals surface area (Å²) in [6.45, 7) is 10.0. The smallest absolute Gasteiger partial charge is 0.300 e. The molecule has 2 aliphatic carbocycles. The van der Waals surface area contributed by atoms with Crippen LogP contribution in [-0.4, -0.2) is 132 Å². The number of aromatic nitrogens is 3. The molecule has 3 saturated heterocycles. The van der Waals surface area contributed by atoms with Gasteiger partial charge in [-0.2, -0.15) is 18.4 Å². The fourth-order valence-electron chi connectivity index (χ4n) is 13.0. The molecule has 2 aromatic carbocycles. The lowest BCUT2D eigenvalue weighted by molar-refractivity contribution is -0.384. The number of nitrogens with zero attached hydrogens (tertiary/aromatic N) is 6. The molecular formula is C54H63F2N9O10S. The monoisotopic (exact) mass is 1070 g/mol. The Kier molecular flexibility index (Phi) is 12.7. The number of ether oxygens (including phenoxy) is 4. The number of halogens is 2. The van der Waals surface area contributed by atoms with E-state index in [1.165, 1.54) is 17.3 Å². The van der Waals surface area contributed by atoms with Gasteiger partial charge in [-0.3, -0.25) is 19.8 Å². The number of aliphatic hydroxyl groups is 1. The molecule has 5 fully saturated rings.